The Kier molecular flexibility index (Phi) is 5.03. The maximum absolute atomic E-state index is 11.4. The molecular formula is C17H17NO4. The summed E-state index contributed by atoms with van der Waals surface area (Å²) in [5, 5.41) is 12.3. The van der Waals surface area contributed by atoms with Crippen molar-refractivity contribution in [2.75, 3.05) is 19.5 Å². The zero-order valence-electron chi connectivity index (χ0n) is 12.4. The van der Waals surface area contributed by atoms with Gasteiger partial charge in [0.1, 0.15) is 11.5 Å². The lowest BCUT2D eigenvalue weighted by Gasteiger charge is -2.11. The third kappa shape index (κ3) is 3.58. The molecule has 0 radical (unpaired) electrons. The quantitative estimate of drug-likeness (QED) is 0.801. The Morgan fingerprint density at radius 2 is 1.82 bits per heavy atom. The van der Waals surface area contributed by atoms with Crippen molar-refractivity contribution in [3.8, 4) is 11.5 Å². The number of anilines is 1. The number of carbonyl (C=O) groups is 1. The van der Waals surface area contributed by atoms with Crippen LogP contribution in [0.2, 0.25) is 0 Å². The summed E-state index contributed by atoms with van der Waals surface area (Å²) in [6.07, 6.45) is 1.44. The van der Waals surface area contributed by atoms with E-state index in [4.69, 9.17) is 9.47 Å². The molecule has 2 N–H and O–H groups in total. The Labute approximate surface area is 128 Å². The number of benzene rings is 2. The van der Waals surface area contributed by atoms with Gasteiger partial charge in [-0.05, 0) is 17.7 Å². The first kappa shape index (κ1) is 15.4. The molecule has 2 rings (SSSR count). The van der Waals surface area contributed by atoms with Crippen molar-refractivity contribution >= 4 is 17.2 Å². The van der Waals surface area contributed by atoms with E-state index in [1.54, 1.807) is 56.7 Å². The lowest BCUT2D eigenvalue weighted by molar-refractivity contribution is -0.130. The van der Waals surface area contributed by atoms with E-state index in [0.717, 1.165) is 0 Å². The van der Waals surface area contributed by atoms with Gasteiger partial charge >= 0.3 is 5.97 Å². The zero-order valence-corrected chi connectivity index (χ0v) is 12.4. The lowest BCUT2D eigenvalue weighted by atomic mass is 10.1. The molecule has 2 aromatic carbocycles. The maximum Gasteiger partial charge on any atom is 0.337 e. The smallest absolute Gasteiger partial charge is 0.337 e. The van der Waals surface area contributed by atoms with E-state index in [1.807, 2.05) is 6.07 Å². The van der Waals surface area contributed by atoms with Crippen molar-refractivity contribution in [3.63, 3.8) is 0 Å². The number of nitrogens with one attached hydrogen (secondary N) is 1. The zero-order chi connectivity index (χ0) is 15.9. The molecule has 5 heteroatoms. The summed E-state index contributed by atoms with van der Waals surface area (Å²) < 4.78 is 10.4. The molecule has 0 saturated heterocycles. The monoisotopic (exact) mass is 299 g/mol. The molecule has 0 spiro atoms. The second-order valence-electron chi connectivity index (χ2n) is 4.44. The summed E-state index contributed by atoms with van der Waals surface area (Å²) in [5.74, 6) is 0.226. The van der Waals surface area contributed by atoms with E-state index in [-0.39, 0.29) is 5.57 Å². The van der Waals surface area contributed by atoms with Gasteiger partial charge in [-0.15, -0.1) is 0 Å². The molecule has 0 unspecified atom stereocenters. The molecule has 2 aromatic rings. The predicted molar refractivity (Wildman–Crippen MR) is 85.2 cm³/mol. The molecule has 0 heterocycles. The van der Waals surface area contributed by atoms with Crippen LogP contribution in [0, 0.1) is 0 Å². The minimum absolute atomic E-state index is 0.158. The Morgan fingerprint density at radius 3 is 2.41 bits per heavy atom. The number of carboxylic acids is 1. The SMILES string of the molecule is COc1ccc(OC)c(NC=C(C(=O)O)c2ccccc2)c1. The van der Waals surface area contributed by atoms with E-state index in [1.165, 1.54) is 6.20 Å². The molecule has 114 valence electrons. The van der Waals surface area contributed by atoms with Gasteiger partial charge in [0.15, 0.2) is 0 Å². The highest BCUT2D eigenvalue weighted by Crippen LogP contribution is 2.29. The van der Waals surface area contributed by atoms with Crippen molar-refractivity contribution in [2.24, 2.45) is 0 Å². The van der Waals surface area contributed by atoms with Gasteiger partial charge < -0.3 is 19.9 Å². The molecule has 0 amide bonds. The average Bonchev–Trinajstić information content (AvgIpc) is 2.55. The third-order valence-corrected chi connectivity index (χ3v) is 3.09. The van der Waals surface area contributed by atoms with E-state index < -0.39 is 5.97 Å². The molecular weight excluding hydrogens is 282 g/mol. The number of hydrogen-bond donors (Lipinski definition) is 2. The molecule has 0 aliphatic rings. The second kappa shape index (κ2) is 7.17. The van der Waals surface area contributed by atoms with E-state index in [2.05, 4.69) is 5.32 Å². The summed E-state index contributed by atoms with van der Waals surface area (Å²) >= 11 is 0. The minimum atomic E-state index is -1.01. The van der Waals surface area contributed by atoms with Crippen molar-refractivity contribution in [2.45, 2.75) is 0 Å². The van der Waals surface area contributed by atoms with Gasteiger partial charge in [0.05, 0.1) is 25.5 Å². The van der Waals surface area contributed by atoms with Crippen LogP contribution in [-0.4, -0.2) is 25.3 Å². The number of methoxy groups -OCH3 is 2. The Bertz CT molecular complexity index is 680. The van der Waals surface area contributed by atoms with Crippen LogP contribution in [0.1, 0.15) is 5.56 Å². The summed E-state index contributed by atoms with van der Waals surface area (Å²) in [5.41, 5.74) is 1.39. The number of ether oxygens (including phenoxy) is 2. The summed E-state index contributed by atoms with van der Waals surface area (Å²) in [4.78, 5) is 11.4. The Balaban J connectivity index is 2.34. The summed E-state index contributed by atoms with van der Waals surface area (Å²) in [7, 11) is 3.11. The van der Waals surface area contributed by atoms with Crippen LogP contribution in [0.15, 0.2) is 54.7 Å². The van der Waals surface area contributed by atoms with Gasteiger partial charge in [-0.2, -0.15) is 0 Å². The van der Waals surface area contributed by atoms with E-state index in [0.29, 0.717) is 22.7 Å². The highest BCUT2D eigenvalue weighted by Gasteiger charge is 2.10. The van der Waals surface area contributed by atoms with Crippen LogP contribution >= 0.6 is 0 Å². The largest absolute Gasteiger partial charge is 0.497 e. The topological polar surface area (TPSA) is 67.8 Å². The molecule has 0 aliphatic carbocycles. The second-order valence-corrected chi connectivity index (χ2v) is 4.44. The lowest BCUT2D eigenvalue weighted by Crippen LogP contribution is -2.03. The Morgan fingerprint density at radius 1 is 1.09 bits per heavy atom. The molecule has 22 heavy (non-hydrogen) atoms. The first-order valence-electron chi connectivity index (χ1n) is 6.63. The predicted octanol–water partition coefficient (Wildman–Crippen LogP) is 3.24. The highest BCUT2D eigenvalue weighted by atomic mass is 16.5. The molecule has 0 aromatic heterocycles. The van der Waals surface area contributed by atoms with E-state index >= 15 is 0 Å². The molecule has 0 saturated carbocycles. The number of hydrogen-bond acceptors (Lipinski definition) is 4. The molecule has 0 fully saturated rings. The first-order valence-corrected chi connectivity index (χ1v) is 6.63. The fraction of sp³-hybridized carbons (Fsp3) is 0.118. The van der Waals surface area contributed by atoms with Gasteiger partial charge in [-0.1, -0.05) is 30.3 Å². The van der Waals surface area contributed by atoms with Crippen molar-refractivity contribution in [1.82, 2.24) is 0 Å². The van der Waals surface area contributed by atoms with Crippen molar-refractivity contribution in [3.05, 3.63) is 60.3 Å². The van der Waals surface area contributed by atoms with Crippen LogP contribution in [-0.2, 0) is 4.79 Å². The number of rotatable bonds is 6. The van der Waals surface area contributed by atoms with Gasteiger partial charge in [-0.3, -0.25) is 0 Å². The van der Waals surface area contributed by atoms with Crippen LogP contribution in [0.4, 0.5) is 5.69 Å². The molecule has 0 aliphatic heterocycles. The van der Waals surface area contributed by atoms with Gasteiger partial charge in [0, 0.05) is 12.3 Å². The molecule has 0 atom stereocenters. The minimum Gasteiger partial charge on any atom is -0.497 e. The molecule has 5 nitrogen and oxygen atoms in total. The normalized spacial score (nSPS) is 10.9. The third-order valence-electron chi connectivity index (χ3n) is 3.09. The van der Waals surface area contributed by atoms with E-state index in [9.17, 15) is 9.90 Å². The van der Waals surface area contributed by atoms with Crippen molar-refractivity contribution < 1.29 is 19.4 Å². The fourth-order valence-electron chi connectivity index (χ4n) is 1.96. The average molecular weight is 299 g/mol. The fourth-order valence-corrected chi connectivity index (χ4v) is 1.96. The van der Waals surface area contributed by atoms with Crippen LogP contribution in [0.25, 0.3) is 5.57 Å². The summed E-state index contributed by atoms with van der Waals surface area (Å²) in [6.45, 7) is 0. The number of aliphatic carboxylic acids is 1. The van der Waals surface area contributed by atoms with Gasteiger partial charge in [0.25, 0.3) is 0 Å². The highest BCUT2D eigenvalue weighted by molar-refractivity contribution is 6.15. The Hall–Kier alpha value is -2.95. The van der Waals surface area contributed by atoms with Gasteiger partial charge in [0.2, 0.25) is 0 Å². The first-order chi connectivity index (χ1) is 10.7. The molecule has 0 bridgehead atoms. The van der Waals surface area contributed by atoms with Crippen LogP contribution in [0.3, 0.4) is 0 Å². The maximum atomic E-state index is 11.4. The van der Waals surface area contributed by atoms with Crippen molar-refractivity contribution in [1.29, 1.82) is 0 Å². The van der Waals surface area contributed by atoms with Crippen LogP contribution in [0.5, 0.6) is 11.5 Å². The van der Waals surface area contributed by atoms with Gasteiger partial charge in [-0.25, -0.2) is 4.79 Å². The number of carboxylic acid groups (broad SMARTS) is 1. The van der Waals surface area contributed by atoms with Crippen LogP contribution < -0.4 is 14.8 Å². The standard InChI is InChI=1S/C17H17NO4/c1-21-13-8-9-16(22-2)15(10-13)18-11-14(17(19)20)12-6-4-3-5-7-12/h3-11,18H,1-2H3,(H,19,20). The summed E-state index contributed by atoms with van der Waals surface area (Å²) in [6, 6.07) is 14.1.